The van der Waals surface area contributed by atoms with Gasteiger partial charge in [0.2, 0.25) is 11.1 Å². The third-order valence-corrected chi connectivity index (χ3v) is 2.59. The number of aromatic nitrogens is 1. The third-order valence-electron chi connectivity index (χ3n) is 2.32. The van der Waals surface area contributed by atoms with Crippen LogP contribution in [-0.4, -0.2) is 38.8 Å². The van der Waals surface area contributed by atoms with Crippen molar-refractivity contribution >= 4 is 35.1 Å². The van der Waals surface area contributed by atoms with Crippen molar-refractivity contribution in [3.63, 3.8) is 0 Å². The van der Waals surface area contributed by atoms with Gasteiger partial charge in [0.25, 0.3) is 5.91 Å². The number of hydrogen-bond donors (Lipinski definition) is 3. The summed E-state index contributed by atoms with van der Waals surface area (Å²) >= 11 is 5.53. The molecule has 11 heteroatoms. The average molecular weight is 317 g/mol. The largest absolute Gasteiger partial charge is 0.480 e. The number of rotatable bonds is 6. The highest BCUT2D eigenvalue weighted by atomic mass is 35.5. The van der Waals surface area contributed by atoms with Gasteiger partial charge < -0.3 is 16.2 Å². The number of nitrogens with two attached hydrogens (primary N) is 1. The zero-order chi connectivity index (χ0) is 16.2. The van der Waals surface area contributed by atoms with E-state index in [2.05, 4.69) is 4.98 Å². The van der Waals surface area contributed by atoms with E-state index in [4.69, 9.17) is 22.4 Å². The molecule has 4 N–H and O–H groups in total. The van der Waals surface area contributed by atoms with E-state index in [-0.39, 0.29) is 0 Å². The summed E-state index contributed by atoms with van der Waals surface area (Å²) in [5.41, 5.74) is 3.61. The summed E-state index contributed by atoms with van der Waals surface area (Å²) in [5, 5.41) is 21.1. The molecule has 0 radical (unpaired) electrons. The van der Waals surface area contributed by atoms with E-state index in [0.29, 0.717) is 0 Å². The lowest BCUT2D eigenvalue weighted by Crippen LogP contribution is -2.43. The first kappa shape index (κ1) is 16.3. The molecule has 0 saturated heterocycles. The van der Waals surface area contributed by atoms with Crippen LogP contribution in [0.2, 0.25) is 5.15 Å². The fraction of sp³-hybridized carbons (Fsp3) is 0.200. The molecule has 0 fully saturated rings. The molecule has 0 bridgehead atoms. The van der Waals surface area contributed by atoms with Crippen molar-refractivity contribution in [3.8, 4) is 0 Å². The third kappa shape index (κ3) is 4.11. The highest BCUT2D eigenvalue weighted by Crippen LogP contribution is 2.25. The highest BCUT2D eigenvalue weighted by molar-refractivity contribution is 6.32. The number of nitro groups is 1. The van der Waals surface area contributed by atoms with Crippen molar-refractivity contribution in [1.29, 1.82) is 0 Å². The molecule has 0 aliphatic heterocycles. The van der Waals surface area contributed by atoms with E-state index in [1.165, 1.54) is 0 Å². The van der Waals surface area contributed by atoms with Gasteiger partial charge in [-0.3, -0.25) is 19.7 Å². The molecule has 1 rings (SSSR count). The topological polar surface area (TPSA) is 166 Å². The Bertz CT molecular complexity index is 620. The van der Waals surface area contributed by atoms with Gasteiger partial charge in [0.15, 0.2) is 0 Å². The number of pyridine rings is 1. The second kappa shape index (κ2) is 6.61. The van der Waals surface area contributed by atoms with Gasteiger partial charge in [-0.1, -0.05) is 11.6 Å². The number of nitrogens with zero attached hydrogens (tertiary/aromatic N) is 2. The summed E-state index contributed by atoms with van der Waals surface area (Å²) in [7, 11) is 0. The Morgan fingerprint density at radius 3 is 2.62 bits per heavy atom. The average Bonchev–Trinajstić information content (AvgIpc) is 2.36. The molecule has 0 saturated carbocycles. The van der Waals surface area contributed by atoms with Gasteiger partial charge in [0, 0.05) is 6.20 Å². The van der Waals surface area contributed by atoms with Crippen LogP contribution in [-0.2, 0) is 9.59 Å². The zero-order valence-corrected chi connectivity index (χ0v) is 11.0. The molecule has 1 aromatic rings. The first-order chi connectivity index (χ1) is 9.73. The minimum atomic E-state index is -1.61. The molecular weight excluding hydrogens is 308 g/mol. The van der Waals surface area contributed by atoms with E-state index in [0.717, 1.165) is 12.3 Å². The van der Waals surface area contributed by atoms with Crippen LogP contribution >= 0.6 is 11.6 Å². The number of primary amides is 1. The van der Waals surface area contributed by atoms with Gasteiger partial charge in [-0.25, -0.2) is 9.78 Å². The lowest BCUT2D eigenvalue weighted by molar-refractivity contribution is -0.385. The maximum Gasteiger partial charge on any atom is 0.326 e. The Labute approximate surface area is 122 Å². The molecule has 1 aromatic heterocycles. The fourth-order valence-electron chi connectivity index (χ4n) is 1.42. The predicted octanol–water partition coefficient (Wildman–Crippen LogP) is -0.298. The van der Waals surface area contributed by atoms with Crippen LogP contribution < -0.4 is 11.1 Å². The number of carboxylic acid groups (broad SMARTS) is 1. The monoisotopic (exact) mass is 316 g/mol. The van der Waals surface area contributed by atoms with E-state index in [9.17, 15) is 24.5 Å². The summed E-state index contributed by atoms with van der Waals surface area (Å²) in [6.45, 7) is 0. The first-order valence-electron chi connectivity index (χ1n) is 5.35. The summed E-state index contributed by atoms with van der Waals surface area (Å²) in [4.78, 5) is 46.9. The van der Waals surface area contributed by atoms with Gasteiger partial charge in [-0.2, -0.15) is 0 Å². The molecule has 0 aliphatic rings. The van der Waals surface area contributed by atoms with Gasteiger partial charge >= 0.3 is 11.7 Å². The Kier molecular flexibility index (Phi) is 5.13. The zero-order valence-electron chi connectivity index (χ0n) is 10.3. The van der Waals surface area contributed by atoms with Gasteiger partial charge in [-0.15, -0.1) is 0 Å². The van der Waals surface area contributed by atoms with Gasteiger partial charge in [0.05, 0.1) is 11.3 Å². The number of halogens is 1. The van der Waals surface area contributed by atoms with E-state index >= 15 is 0 Å². The molecule has 1 heterocycles. The lowest BCUT2D eigenvalue weighted by Gasteiger charge is -2.12. The Morgan fingerprint density at radius 1 is 1.52 bits per heavy atom. The maximum absolute atomic E-state index is 11.9. The highest BCUT2D eigenvalue weighted by Gasteiger charge is 2.28. The van der Waals surface area contributed by atoms with Crippen LogP contribution in [0.3, 0.4) is 0 Å². The molecule has 10 nitrogen and oxygen atoms in total. The van der Waals surface area contributed by atoms with Gasteiger partial charge in [-0.05, 0) is 6.07 Å². The smallest absolute Gasteiger partial charge is 0.326 e. The maximum atomic E-state index is 11.9. The quantitative estimate of drug-likeness (QED) is 0.368. The van der Waals surface area contributed by atoms with Crippen LogP contribution in [0.5, 0.6) is 0 Å². The second-order valence-corrected chi connectivity index (χ2v) is 4.15. The van der Waals surface area contributed by atoms with Crippen LogP contribution in [0.25, 0.3) is 0 Å². The number of nitrogens with one attached hydrogen (secondary N) is 1. The first-order valence-corrected chi connectivity index (χ1v) is 5.72. The SMILES string of the molecule is NC(=O)CC(NC(=O)c1ccnc(Cl)c1[N+](=O)[O-])C(=O)O. The number of aliphatic carboxylic acids is 1. The number of carboxylic acids is 1. The van der Waals surface area contributed by atoms with Gasteiger partial charge in [0.1, 0.15) is 11.6 Å². The summed E-state index contributed by atoms with van der Waals surface area (Å²) in [6, 6.07) is -0.607. The summed E-state index contributed by atoms with van der Waals surface area (Å²) < 4.78 is 0. The van der Waals surface area contributed by atoms with Crippen LogP contribution in [0.4, 0.5) is 5.69 Å². The van der Waals surface area contributed by atoms with Crippen LogP contribution in [0, 0.1) is 10.1 Å². The van der Waals surface area contributed by atoms with E-state index in [1.54, 1.807) is 0 Å². The molecule has 0 aliphatic carbocycles. The molecule has 0 spiro atoms. The molecule has 1 unspecified atom stereocenters. The van der Waals surface area contributed by atoms with Crippen molar-refractivity contribution in [2.45, 2.75) is 12.5 Å². The van der Waals surface area contributed by atoms with Crippen molar-refractivity contribution in [3.05, 3.63) is 33.1 Å². The molecular formula is C10H9ClN4O6. The molecule has 112 valence electrons. The Hall–Kier alpha value is -2.75. The Balaban J connectivity index is 3.09. The predicted molar refractivity (Wildman–Crippen MR) is 68.6 cm³/mol. The second-order valence-electron chi connectivity index (χ2n) is 3.79. The lowest BCUT2D eigenvalue weighted by atomic mass is 10.1. The van der Waals surface area contributed by atoms with Crippen molar-refractivity contribution in [2.24, 2.45) is 5.73 Å². The molecule has 1 atom stereocenters. The standard InChI is InChI=1S/C10H9ClN4O6/c11-8-7(15(20)21)4(1-2-13-8)9(17)14-5(10(18)19)3-6(12)16/h1-2,5H,3H2,(H2,12,16)(H,14,17)(H,18,19). The number of carbonyl (C=O) groups is 3. The molecule has 21 heavy (non-hydrogen) atoms. The van der Waals surface area contributed by atoms with Crippen LogP contribution in [0.15, 0.2) is 12.3 Å². The van der Waals surface area contributed by atoms with E-state index in [1.807, 2.05) is 5.32 Å². The minimum Gasteiger partial charge on any atom is -0.480 e. The van der Waals surface area contributed by atoms with E-state index < -0.39 is 51.6 Å². The van der Waals surface area contributed by atoms with Crippen molar-refractivity contribution < 1.29 is 24.4 Å². The number of hydrogen-bond acceptors (Lipinski definition) is 6. The minimum absolute atomic E-state index is 0.476. The normalized spacial score (nSPS) is 11.5. The Morgan fingerprint density at radius 2 is 2.14 bits per heavy atom. The van der Waals surface area contributed by atoms with Crippen molar-refractivity contribution in [1.82, 2.24) is 10.3 Å². The van der Waals surface area contributed by atoms with Crippen LogP contribution in [0.1, 0.15) is 16.8 Å². The number of amides is 2. The molecule has 0 aromatic carbocycles. The van der Waals surface area contributed by atoms with Crippen molar-refractivity contribution in [2.75, 3.05) is 0 Å². The molecule has 2 amide bonds. The fourth-order valence-corrected chi connectivity index (χ4v) is 1.65. The summed E-state index contributed by atoms with van der Waals surface area (Å²) in [5.74, 6) is -3.55. The number of carbonyl (C=O) groups excluding carboxylic acids is 2. The summed E-state index contributed by atoms with van der Waals surface area (Å²) in [6.07, 6.45) is 0.391.